The topological polar surface area (TPSA) is 17.1 Å². The SMILES string of the molecule is O=C(Cc1ccc(F)cc1Cl)Cc1cc(Cl)ccc1Cl. The minimum absolute atomic E-state index is 0.0670. The summed E-state index contributed by atoms with van der Waals surface area (Å²) in [6.07, 6.45) is 0.287. The quantitative estimate of drug-likeness (QED) is 0.758. The molecule has 0 saturated carbocycles. The summed E-state index contributed by atoms with van der Waals surface area (Å²) in [5.41, 5.74) is 1.26. The summed E-state index contributed by atoms with van der Waals surface area (Å²) in [5, 5.41) is 1.26. The van der Waals surface area contributed by atoms with Crippen LogP contribution in [0.2, 0.25) is 15.1 Å². The maximum Gasteiger partial charge on any atom is 0.141 e. The minimum Gasteiger partial charge on any atom is -0.299 e. The highest BCUT2D eigenvalue weighted by Gasteiger charge is 2.11. The number of ketones is 1. The van der Waals surface area contributed by atoms with Crippen LogP contribution < -0.4 is 0 Å². The fourth-order valence-electron chi connectivity index (χ4n) is 1.83. The van der Waals surface area contributed by atoms with Crippen LogP contribution in [0.25, 0.3) is 0 Å². The zero-order valence-electron chi connectivity index (χ0n) is 10.3. The van der Waals surface area contributed by atoms with Crippen LogP contribution in [0.1, 0.15) is 11.1 Å². The molecule has 0 aliphatic heterocycles. The zero-order valence-corrected chi connectivity index (χ0v) is 12.6. The van der Waals surface area contributed by atoms with Crippen LogP contribution in [0, 0.1) is 5.82 Å². The molecular weight excluding hydrogens is 322 g/mol. The van der Waals surface area contributed by atoms with Gasteiger partial charge in [-0.25, -0.2) is 4.39 Å². The molecule has 1 nitrogen and oxygen atoms in total. The van der Waals surface area contributed by atoms with Gasteiger partial charge < -0.3 is 0 Å². The Bertz CT molecular complexity index is 656. The first-order valence-corrected chi connectivity index (χ1v) is 6.98. The van der Waals surface area contributed by atoms with Crippen LogP contribution in [-0.4, -0.2) is 5.78 Å². The lowest BCUT2D eigenvalue weighted by Crippen LogP contribution is -2.07. The van der Waals surface area contributed by atoms with E-state index < -0.39 is 5.82 Å². The average Bonchev–Trinajstić information content (AvgIpc) is 2.37. The van der Waals surface area contributed by atoms with Crippen LogP contribution in [0.3, 0.4) is 0 Å². The Balaban J connectivity index is 2.11. The second kappa shape index (κ2) is 6.57. The number of rotatable bonds is 4. The summed E-state index contributed by atoms with van der Waals surface area (Å²) in [5.74, 6) is -0.494. The highest BCUT2D eigenvalue weighted by Crippen LogP contribution is 2.23. The number of hydrogen-bond donors (Lipinski definition) is 0. The molecule has 5 heteroatoms. The van der Waals surface area contributed by atoms with Crippen LogP contribution in [-0.2, 0) is 17.6 Å². The molecule has 0 spiro atoms. The molecule has 2 aromatic carbocycles. The molecule has 20 heavy (non-hydrogen) atoms. The monoisotopic (exact) mass is 330 g/mol. The summed E-state index contributed by atoms with van der Waals surface area (Å²) in [6.45, 7) is 0. The first-order chi connectivity index (χ1) is 9.45. The summed E-state index contributed by atoms with van der Waals surface area (Å²) < 4.78 is 12.9. The summed E-state index contributed by atoms with van der Waals surface area (Å²) in [4.78, 5) is 12.0. The van der Waals surface area contributed by atoms with Crippen molar-refractivity contribution in [2.75, 3.05) is 0 Å². The normalized spacial score (nSPS) is 10.6. The van der Waals surface area contributed by atoms with Gasteiger partial charge in [0, 0.05) is 27.9 Å². The number of halogens is 4. The third-order valence-corrected chi connectivity index (χ3v) is 3.75. The zero-order chi connectivity index (χ0) is 14.7. The highest BCUT2D eigenvalue weighted by molar-refractivity contribution is 6.33. The van der Waals surface area contributed by atoms with Gasteiger partial charge in [0.15, 0.2) is 0 Å². The molecule has 0 aromatic heterocycles. The van der Waals surface area contributed by atoms with E-state index in [0.717, 1.165) is 0 Å². The largest absolute Gasteiger partial charge is 0.299 e. The third kappa shape index (κ3) is 3.95. The van der Waals surface area contributed by atoms with Gasteiger partial charge in [0.2, 0.25) is 0 Å². The number of carbonyl (C=O) groups excluding carboxylic acids is 1. The number of hydrogen-bond acceptors (Lipinski definition) is 1. The predicted octanol–water partition coefficient (Wildman–Crippen LogP) is 5.14. The number of carbonyl (C=O) groups is 1. The highest BCUT2D eigenvalue weighted by atomic mass is 35.5. The van der Waals surface area contributed by atoms with Crippen molar-refractivity contribution in [3.8, 4) is 0 Å². The Morgan fingerprint density at radius 1 is 0.900 bits per heavy atom. The van der Waals surface area contributed by atoms with E-state index in [0.29, 0.717) is 21.2 Å². The van der Waals surface area contributed by atoms with E-state index in [1.165, 1.54) is 18.2 Å². The predicted molar refractivity (Wildman–Crippen MR) is 80.3 cm³/mol. The van der Waals surface area contributed by atoms with Crippen molar-refractivity contribution in [3.05, 3.63) is 68.4 Å². The van der Waals surface area contributed by atoms with Crippen molar-refractivity contribution in [3.63, 3.8) is 0 Å². The first-order valence-electron chi connectivity index (χ1n) is 5.85. The van der Waals surface area contributed by atoms with Gasteiger partial charge in [0.25, 0.3) is 0 Å². The molecule has 0 fully saturated rings. The smallest absolute Gasteiger partial charge is 0.141 e. The second-order valence-electron chi connectivity index (χ2n) is 4.36. The van der Waals surface area contributed by atoms with Crippen LogP contribution in [0.5, 0.6) is 0 Å². The molecule has 0 heterocycles. The molecular formula is C15H10Cl3FO. The molecule has 0 N–H and O–H groups in total. The fraction of sp³-hybridized carbons (Fsp3) is 0.133. The third-order valence-electron chi connectivity index (χ3n) is 2.80. The van der Waals surface area contributed by atoms with Gasteiger partial charge in [-0.15, -0.1) is 0 Å². The standard InChI is InChI=1S/C15H10Cl3FO/c16-11-2-4-14(17)10(5-11)7-13(20)6-9-1-3-12(19)8-15(9)18/h1-5,8H,6-7H2. The molecule has 0 radical (unpaired) electrons. The van der Waals surface area contributed by atoms with E-state index in [9.17, 15) is 9.18 Å². The van der Waals surface area contributed by atoms with Gasteiger partial charge in [-0.1, -0.05) is 40.9 Å². The Labute approximate surface area is 131 Å². The molecule has 0 saturated heterocycles. The molecule has 0 atom stereocenters. The number of Topliss-reactive ketones (excluding diaryl/α,β-unsaturated/α-hetero) is 1. The minimum atomic E-state index is -0.427. The van der Waals surface area contributed by atoms with Crippen molar-refractivity contribution >= 4 is 40.6 Å². The lowest BCUT2D eigenvalue weighted by atomic mass is 10.0. The average molecular weight is 332 g/mol. The van der Waals surface area contributed by atoms with Crippen molar-refractivity contribution in [2.24, 2.45) is 0 Å². The van der Waals surface area contributed by atoms with Gasteiger partial charge in [0.1, 0.15) is 11.6 Å². The molecule has 0 aliphatic carbocycles. The summed E-state index contributed by atoms with van der Waals surface area (Å²) >= 11 is 17.8. The second-order valence-corrected chi connectivity index (χ2v) is 5.61. The Hall–Kier alpha value is -1.09. The molecule has 2 rings (SSSR count). The van der Waals surface area contributed by atoms with E-state index in [-0.39, 0.29) is 23.6 Å². The number of benzene rings is 2. The molecule has 0 aliphatic rings. The van der Waals surface area contributed by atoms with Crippen LogP contribution >= 0.6 is 34.8 Å². The van der Waals surface area contributed by atoms with E-state index in [1.807, 2.05) is 0 Å². The summed E-state index contributed by atoms with van der Waals surface area (Å²) in [7, 11) is 0. The van der Waals surface area contributed by atoms with E-state index in [4.69, 9.17) is 34.8 Å². The Morgan fingerprint density at radius 3 is 2.30 bits per heavy atom. The van der Waals surface area contributed by atoms with Gasteiger partial charge in [-0.2, -0.15) is 0 Å². The van der Waals surface area contributed by atoms with Gasteiger partial charge >= 0.3 is 0 Å². The van der Waals surface area contributed by atoms with Gasteiger partial charge in [-0.05, 0) is 41.5 Å². The Kier molecular flexibility index (Phi) is 5.03. The van der Waals surface area contributed by atoms with E-state index in [1.54, 1.807) is 18.2 Å². The molecule has 0 bridgehead atoms. The van der Waals surface area contributed by atoms with Crippen molar-refractivity contribution in [1.82, 2.24) is 0 Å². The maximum absolute atomic E-state index is 12.9. The van der Waals surface area contributed by atoms with Crippen molar-refractivity contribution < 1.29 is 9.18 Å². The van der Waals surface area contributed by atoms with Crippen molar-refractivity contribution in [2.45, 2.75) is 12.8 Å². The van der Waals surface area contributed by atoms with Crippen LogP contribution in [0.15, 0.2) is 36.4 Å². The summed E-state index contributed by atoms with van der Waals surface area (Å²) in [6, 6.07) is 8.95. The van der Waals surface area contributed by atoms with Gasteiger partial charge in [0.05, 0.1) is 0 Å². The fourth-order valence-corrected chi connectivity index (χ4v) is 2.44. The van der Waals surface area contributed by atoms with Crippen molar-refractivity contribution in [1.29, 1.82) is 0 Å². The molecule has 0 unspecified atom stereocenters. The van der Waals surface area contributed by atoms with E-state index >= 15 is 0 Å². The Morgan fingerprint density at radius 2 is 1.60 bits per heavy atom. The molecule has 2 aromatic rings. The van der Waals surface area contributed by atoms with Gasteiger partial charge in [-0.3, -0.25) is 4.79 Å². The lowest BCUT2D eigenvalue weighted by Gasteiger charge is -2.06. The maximum atomic E-state index is 12.9. The lowest BCUT2D eigenvalue weighted by molar-refractivity contribution is -0.117. The van der Waals surface area contributed by atoms with Crippen LogP contribution in [0.4, 0.5) is 4.39 Å². The molecule has 104 valence electrons. The molecule has 0 amide bonds. The van der Waals surface area contributed by atoms with E-state index in [2.05, 4.69) is 0 Å². The first kappa shape index (κ1) is 15.3.